The van der Waals surface area contributed by atoms with Crippen molar-refractivity contribution in [1.82, 2.24) is 10.3 Å². The van der Waals surface area contributed by atoms with Gasteiger partial charge in [-0.1, -0.05) is 67.6 Å². The summed E-state index contributed by atoms with van der Waals surface area (Å²) >= 11 is 0. The van der Waals surface area contributed by atoms with Crippen LogP contribution in [0.3, 0.4) is 0 Å². The van der Waals surface area contributed by atoms with Gasteiger partial charge in [0.1, 0.15) is 6.04 Å². The maximum Gasteiger partial charge on any atom is 0.329 e. The van der Waals surface area contributed by atoms with E-state index in [9.17, 15) is 14.4 Å². The van der Waals surface area contributed by atoms with Crippen molar-refractivity contribution in [3.8, 4) is 0 Å². The third-order valence-electron chi connectivity index (χ3n) is 5.75. The van der Waals surface area contributed by atoms with E-state index in [1.54, 1.807) is 36.4 Å². The molecular formula is C28H26N2O4. The van der Waals surface area contributed by atoms with Crippen LogP contribution in [0.2, 0.25) is 0 Å². The highest BCUT2D eigenvalue weighted by molar-refractivity contribution is 5.99. The van der Waals surface area contributed by atoms with Crippen LogP contribution < -0.4 is 5.32 Å². The molecule has 34 heavy (non-hydrogen) atoms. The van der Waals surface area contributed by atoms with E-state index in [4.69, 9.17) is 4.74 Å². The number of amides is 1. The van der Waals surface area contributed by atoms with E-state index in [0.29, 0.717) is 11.1 Å². The SMILES string of the molecule is CCc1ccc(C(=O)N[C@H](Cc2c[nH]c3ccccc23)C(=O)OCC(=O)c2ccccc2)cc1. The van der Waals surface area contributed by atoms with Crippen LogP contribution in [0.25, 0.3) is 10.9 Å². The van der Waals surface area contributed by atoms with Gasteiger partial charge in [-0.15, -0.1) is 0 Å². The van der Waals surface area contributed by atoms with Crippen LogP contribution in [-0.2, 0) is 22.4 Å². The van der Waals surface area contributed by atoms with Crippen molar-refractivity contribution in [2.75, 3.05) is 6.61 Å². The van der Waals surface area contributed by atoms with Crippen LogP contribution in [0.4, 0.5) is 0 Å². The molecule has 0 fully saturated rings. The van der Waals surface area contributed by atoms with E-state index in [1.165, 1.54) is 0 Å². The molecule has 1 atom stereocenters. The Morgan fingerprint density at radius 3 is 2.32 bits per heavy atom. The summed E-state index contributed by atoms with van der Waals surface area (Å²) < 4.78 is 5.34. The van der Waals surface area contributed by atoms with Crippen LogP contribution >= 0.6 is 0 Å². The zero-order valence-electron chi connectivity index (χ0n) is 18.9. The molecule has 0 aliphatic heterocycles. The normalized spacial score (nSPS) is 11.7. The fourth-order valence-corrected chi connectivity index (χ4v) is 3.79. The van der Waals surface area contributed by atoms with E-state index < -0.39 is 18.6 Å². The second kappa shape index (κ2) is 10.6. The van der Waals surface area contributed by atoms with Crippen LogP contribution in [0.15, 0.2) is 85.1 Å². The van der Waals surface area contributed by atoms with E-state index in [2.05, 4.69) is 10.3 Å². The number of aromatic nitrogens is 1. The van der Waals surface area contributed by atoms with E-state index in [-0.39, 0.29) is 18.1 Å². The summed E-state index contributed by atoms with van der Waals surface area (Å²) in [5.41, 5.74) is 3.84. The lowest BCUT2D eigenvalue weighted by Gasteiger charge is -2.18. The summed E-state index contributed by atoms with van der Waals surface area (Å²) in [7, 11) is 0. The lowest BCUT2D eigenvalue weighted by molar-refractivity contribution is -0.144. The molecule has 6 heteroatoms. The minimum Gasteiger partial charge on any atom is -0.456 e. The number of hydrogen-bond donors (Lipinski definition) is 2. The van der Waals surface area contributed by atoms with E-state index >= 15 is 0 Å². The molecule has 0 unspecified atom stereocenters. The minimum atomic E-state index is -0.957. The lowest BCUT2D eigenvalue weighted by atomic mass is 10.0. The first-order chi connectivity index (χ1) is 16.5. The van der Waals surface area contributed by atoms with Gasteiger partial charge in [-0.05, 0) is 35.7 Å². The van der Waals surface area contributed by atoms with Crippen LogP contribution in [0.1, 0.15) is 38.8 Å². The number of para-hydroxylation sites is 1. The molecule has 1 aromatic heterocycles. The predicted octanol–water partition coefficient (Wildman–Crippen LogP) is 4.50. The zero-order chi connectivity index (χ0) is 23.9. The molecule has 4 rings (SSSR count). The van der Waals surface area contributed by atoms with Crippen molar-refractivity contribution >= 4 is 28.6 Å². The average molecular weight is 455 g/mol. The Morgan fingerprint density at radius 1 is 0.882 bits per heavy atom. The van der Waals surface area contributed by atoms with Crippen molar-refractivity contribution in [2.24, 2.45) is 0 Å². The smallest absolute Gasteiger partial charge is 0.329 e. The van der Waals surface area contributed by atoms with Crippen LogP contribution in [0, 0.1) is 0 Å². The highest BCUT2D eigenvalue weighted by Crippen LogP contribution is 2.20. The molecule has 0 aliphatic rings. The standard InChI is InChI=1S/C28H26N2O4/c1-2-19-12-14-21(15-13-19)27(32)30-25(16-22-17-29-24-11-7-6-10-23(22)24)28(33)34-18-26(31)20-8-4-3-5-9-20/h3-15,17,25,29H,2,16,18H2,1H3,(H,30,32)/t25-/m1/s1. The van der Waals surface area contributed by atoms with Crippen molar-refractivity contribution in [1.29, 1.82) is 0 Å². The Balaban J connectivity index is 1.51. The second-order valence-electron chi connectivity index (χ2n) is 8.04. The third kappa shape index (κ3) is 5.41. The molecule has 4 aromatic rings. The molecule has 0 spiro atoms. The van der Waals surface area contributed by atoms with Gasteiger partial charge in [0.2, 0.25) is 0 Å². The predicted molar refractivity (Wildman–Crippen MR) is 131 cm³/mol. The van der Waals surface area contributed by atoms with Gasteiger partial charge in [0.05, 0.1) is 0 Å². The number of ether oxygens (including phenoxy) is 1. The number of fused-ring (bicyclic) bond motifs is 1. The Bertz CT molecular complexity index is 1290. The molecule has 1 heterocycles. The molecule has 0 saturated carbocycles. The molecular weight excluding hydrogens is 428 g/mol. The highest BCUT2D eigenvalue weighted by Gasteiger charge is 2.25. The van der Waals surface area contributed by atoms with Crippen molar-refractivity contribution in [3.63, 3.8) is 0 Å². The number of ketones is 1. The largest absolute Gasteiger partial charge is 0.456 e. The molecule has 6 nitrogen and oxygen atoms in total. The fourth-order valence-electron chi connectivity index (χ4n) is 3.79. The van der Waals surface area contributed by atoms with Gasteiger partial charge in [-0.3, -0.25) is 9.59 Å². The number of nitrogens with one attached hydrogen (secondary N) is 2. The van der Waals surface area contributed by atoms with Gasteiger partial charge >= 0.3 is 5.97 Å². The molecule has 2 N–H and O–H groups in total. The Kier molecular flexibility index (Phi) is 7.18. The number of benzene rings is 3. The first-order valence-corrected chi connectivity index (χ1v) is 11.2. The van der Waals surface area contributed by atoms with Gasteiger partial charge in [-0.2, -0.15) is 0 Å². The number of aryl methyl sites for hydroxylation is 1. The van der Waals surface area contributed by atoms with Crippen molar-refractivity contribution < 1.29 is 19.1 Å². The summed E-state index contributed by atoms with van der Waals surface area (Å²) in [6.45, 7) is 1.65. The van der Waals surface area contributed by atoms with Crippen molar-refractivity contribution in [2.45, 2.75) is 25.8 Å². The van der Waals surface area contributed by atoms with Crippen LogP contribution in [-0.4, -0.2) is 35.3 Å². The number of rotatable bonds is 9. The van der Waals surface area contributed by atoms with Gasteiger partial charge in [-0.25, -0.2) is 4.79 Å². The summed E-state index contributed by atoms with van der Waals surface area (Å²) in [5.74, 6) is -1.34. The number of carbonyl (C=O) groups is 3. The summed E-state index contributed by atoms with van der Waals surface area (Å²) in [6.07, 6.45) is 2.91. The maximum absolute atomic E-state index is 13.0. The average Bonchev–Trinajstić information content (AvgIpc) is 3.30. The lowest BCUT2D eigenvalue weighted by Crippen LogP contribution is -2.43. The summed E-state index contributed by atoms with van der Waals surface area (Å²) in [6, 6.07) is 22.7. The highest BCUT2D eigenvalue weighted by atomic mass is 16.5. The molecule has 1 amide bonds. The minimum absolute atomic E-state index is 0.223. The third-order valence-corrected chi connectivity index (χ3v) is 5.75. The summed E-state index contributed by atoms with van der Waals surface area (Å²) in [4.78, 5) is 41.5. The van der Waals surface area contributed by atoms with Gasteiger partial charge in [0.15, 0.2) is 12.4 Å². The topological polar surface area (TPSA) is 88.3 Å². The van der Waals surface area contributed by atoms with Crippen LogP contribution in [0.5, 0.6) is 0 Å². The number of H-pyrrole nitrogens is 1. The van der Waals surface area contributed by atoms with E-state index in [1.807, 2.05) is 55.6 Å². The molecule has 0 saturated heterocycles. The first kappa shape index (κ1) is 23.0. The first-order valence-electron chi connectivity index (χ1n) is 11.2. The van der Waals surface area contributed by atoms with Gasteiger partial charge in [0, 0.05) is 34.6 Å². The molecule has 0 radical (unpaired) electrons. The van der Waals surface area contributed by atoms with Crippen molar-refractivity contribution in [3.05, 3.63) is 107 Å². The zero-order valence-corrected chi connectivity index (χ0v) is 18.9. The quantitative estimate of drug-likeness (QED) is 0.288. The summed E-state index contributed by atoms with van der Waals surface area (Å²) in [5, 5.41) is 3.76. The number of Topliss-reactive ketones (excluding diaryl/α,β-unsaturated/α-hetero) is 1. The fraction of sp³-hybridized carbons (Fsp3) is 0.179. The maximum atomic E-state index is 13.0. The molecule has 0 aliphatic carbocycles. The Morgan fingerprint density at radius 2 is 1.59 bits per heavy atom. The molecule has 3 aromatic carbocycles. The van der Waals surface area contributed by atoms with Gasteiger partial charge in [0.25, 0.3) is 5.91 Å². The number of carbonyl (C=O) groups excluding carboxylic acids is 3. The van der Waals surface area contributed by atoms with Gasteiger partial charge < -0.3 is 15.0 Å². The number of aromatic amines is 1. The Labute approximate surface area is 198 Å². The second-order valence-corrected chi connectivity index (χ2v) is 8.04. The monoisotopic (exact) mass is 454 g/mol. The Hall–Kier alpha value is -4.19. The number of hydrogen-bond acceptors (Lipinski definition) is 4. The molecule has 0 bridgehead atoms. The van der Waals surface area contributed by atoms with E-state index in [0.717, 1.165) is 28.5 Å². The number of esters is 1. The molecule has 172 valence electrons.